The Morgan fingerprint density at radius 1 is 1.23 bits per heavy atom. The smallest absolute Gasteiger partial charge is 0.321 e. The molecule has 2 atom stereocenters. The maximum Gasteiger partial charge on any atom is 0.321 e. The monoisotopic (exact) mass is 352 g/mol. The molecule has 0 fully saturated rings. The molecule has 0 amide bonds. The van der Waals surface area contributed by atoms with Gasteiger partial charge in [0.15, 0.2) is 0 Å². The van der Waals surface area contributed by atoms with Crippen LogP contribution >= 0.6 is 0 Å². The minimum atomic E-state index is -0.791. The van der Waals surface area contributed by atoms with Crippen LogP contribution in [-0.2, 0) is 30.5 Å². The molecule has 2 N–H and O–H groups in total. The van der Waals surface area contributed by atoms with Crippen molar-refractivity contribution in [1.29, 1.82) is 0 Å². The lowest BCUT2D eigenvalue weighted by Gasteiger charge is -2.28. The lowest BCUT2D eigenvalue weighted by Crippen LogP contribution is -2.42. The van der Waals surface area contributed by atoms with Crippen LogP contribution in [0.5, 0.6) is 0 Å². The van der Waals surface area contributed by atoms with Crippen molar-refractivity contribution >= 4 is 5.97 Å². The first-order valence-corrected chi connectivity index (χ1v) is 9.66. The largest absolute Gasteiger partial charge is 0.480 e. The van der Waals surface area contributed by atoms with E-state index in [1.54, 1.807) is 6.20 Å². The Morgan fingerprint density at radius 3 is 2.62 bits per heavy atom. The van der Waals surface area contributed by atoms with E-state index < -0.39 is 12.0 Å². The Labute approximate surface area is 155 Å². The zero-order chi connectivity index (χ0) is 18.5. The zero-order valence-electron chi connectivity index (χ0n) is 15.7. The molecule has 0 bridgehead atoms. The van der Waals surface area contributed by atoms with Gasteiger partial charge in [-0.3, -0.25) is 15.1 Å². The van der Waals surface area contributed by atoms with Gasteiger partial charge in [0.25, 0.3) is 0 Å². The van der Waals surface area contributed by atoms with E-state index in [-0.39, 0.29) is 6.04 Å². The highest BCUT2D eigenvalue weighted by Crippen LogP contribution is 2.29. The Kier molecular flexibility index (Phi) is 6.04. The van der Waals surface area contributed by atoms with Crippen LogP contribution in [0.2, 0.25) is 0 Å². The van der Waals surface area contributed by atoms with Gasteiger partial charge in [-0.05, 0) is 66.8 Å². The topological polar surface area (TPSA) is 62.2 Å². The van der Waals surface area contributed by atoms with E-state index in [0.717, 1.165) is 37.8 Å². The minimum Gasteiger partial charge on any atom is -0.480 e. The Morgan fingerprint density at radius 2 is 1.96 bits per heavy atom. The van der Waals surface area contributed by atoms with Crippen LogP contribution in [0, 0.1) is 0 Å². The number of benzene rings is 1. The van der Waals surface area contributed by atoms with Gasteiger partial charge in [0.05, 0.1) is 11.7 Å². The summed E-state index contributed by atoms with van der Waals surface area (Å²) in [4.78, 5) is 16.5. The number of nitrogens with zero attached hydrogens (tertiary/aromatic N) is 1. The lowest BCUT2D eigenvalue weighted by molar-refractivity contribution is -0.139. The molecular formula is C22H28N2O2. The van der Waals surface area contributed by atoms with Crippen molar-refractivity contribution < 1.29 is 9.90 Å². The van der Waals surface area contributed by atoms with Crippen LogP contribution < -0.4 is 5.32 Å². The van der Waals surface area contributed by atoms with Crippen molar-refractivity contribution in [1.82, 2.24) is 10.3 Å². The zero-order valence-corrected chi connectivity index (χ0v) is 15.7. The van der Waals surface area contributed by atoms with E-state index in [2.05, 4.69) is 48.4 Å². The predicted octanol–water partition coefficient (Wildman–Crippen LogP) is 3.87. The molecule has 0 saturated carbocycles. The Balaban J connectivity index is 1.85. The van der Waals surface area contributed by atoms with E-state index in [1.165, 1.54) is 22.3 Å². The molecule has 3 rings (SSSR count). The van der Waals surface area contributed by atoms with E-state index in [4.69, 9.17) is 0 Å². The molecule has 0 saturated heterocycles. The average Bonchev–Trinajstić information content (AvgIpc) is 2.67. The van der Waals surface area contributed by atoms with Gasteiger partial charge in [0.2, 0.25) is 0 Å². The molecule has 1 unspecified atom stereocenters. The molecule has 1 aromatic carbocycles. The number of rotatable bonds is 7. The summed E-state index contributed by atoms with van der Waals surface area (Å²) >= 11 is 0. The van der Waals surface area contributed by atoms with Crippen LogP contribution in [0.3, 0.4) is 0 Å². The number of carboxylic acids is 1. The summed E-state index contributed by atoms with van der Waals surface area (Å²) in [6, 6.07) is 9.78. The number of hydrogen-bond donors (Lipinski definition) is 2. The molecule has 0 spiro atoms. The van der Waals surface area contributed by atoms with E-state index in [9.17, 15) is 9.90 Å². The summed E-state index contributed by atoms with van der Waals surface area (Å²) in [6.07, 6.45) is 7.18. The van der Waals surface area contributed by atoms with Crippen LogP contribution in [0.25, 0.3) is 0 Å². The first-order chi connectivity index (χ1) is 12.6. The Bertz CT molecular complexity index is 750. The second-order valence-corrected chi connectivity index (χ2v) is 7.02. The van der Waals surface area contributed by atoms with Crippen molar-refractivity contribution in [2.45, 2.75) is 64.5 Å². The van der Waals surface area contributed by atoms with Crippen molar-refractivity contribution in [2.75, 3.05) is 0 Å². The van der Waals surface area contributed by atoms with Crippen molar-refractivity contribution in [3.63, 3.8) is 0 Å². The maximum atomic E-state index is 12.0. The molecule has 0 aliphatic heterocycles. The van der Waals surface area contributed by atoms with Crippen LogP contribution in [0.15, 0.2) is 36.5 Å². The molecule has 1 aliphatic rings. The molecule has 4 nitrogen and oxygen atoms in total. The summed E-state index contributed by atoms with van der Waals surface area (Å²) in [6.45, 7) is 4.26. The van der Waals surface area contributed by atoms with E-state index in [1.807, 2.05) is 6.07 Å². The standard InChI is InChI=1S/C22H28N2O2/c1-3-15-8-5-9-16(4-2)18(15)14-20(22(25)26)24-19-12-6-10-17-11-7-13-23-21(17)19/h5,7-9,11,13,19-20,24H,3-4,6,10,12,14H2,1-2H3,(H,25,26)/t19?,20-/m0/s1. The number of aromatic nitrogens is 1. The molecule has 1 heterocycles. The molecule has 138 valence electrons. The van der Waals surface area contributed by atoms with Crippen LogP contribution in [-0.4, -0.2) is 22.1 Å². The third-order valence-electron chi connectivity index (χ3n) is 5.44. The molecule has 26 heavy (non-hydrogen) atoms. The van der Waals surface area contributed by atoms with E-state index in [0.29, 0.717) is 6.42 Å². The Hall–Kier alpha value is -2.20. The number of aryl methyl sites for hydroxylation is 3. The summed E-state index contributed by atoms with van der Waals surface area (Å²) < 4.78 is 0. The number of hydrogen-bond acceptors (Lipinski definition) is 3. The summed E-state index contributed by atoms with van der Waals surface area (Å²) in [7, 11) is 0. The molecule has 0 radical (unpaired) electrons. The minimum absolute atomic E-state index is 0.0138. The van der Waals surface area contributed by atoms with Gasteiger partial charge < -0.3 is 5.11 Å². The van der Waals surface area contributed by atoms with Gasteiger partial charge in [0, 0.05) is 6.20 Å². The van der Waals surface area contributed by atoms with Crippen molar-refractivity contribution in [3.05, 3.63) is 64.5 Å². The van der Waals surface area contributed by atoms with Gasteiger partial charge in [0.1, 0.15) is 6.04 Å². The fourth-order valence-electron chi connectivity index (χ4n) is 4.05. The normalized spacial score (nSPS) is 17.5. The molecule has 4 heteroatoms. The fraction of sp³-hybridized carbons (Fsp3) is 0.455. The number of pyridine rings is 1. The quantitative estimate of drug-likeness (QED) is 0.794. The number of nitrogens with one attached hydrogen (secondary N) is 1. The fourth-order valence-corrected chi connectivity index (χ4v) is 4.05. The van der Waals surface area contributed by atoms with Gasteiger partial charge >= 0.3 is 5.97 Å². The maximum absolute atomic E-state index is 12.0. The summed E-state index contributed by atoms with van der Waals surface area (Å²) in [5.41, 5.74) is 5.95. The predicted molar refractivity (Wildman–Crippen MR) is 103 cm³/mol. The molecular weight excluding hydrogens is 324 g/mol. The highest BCUT2D eigenvalue weighted by Gasteiger charge is 2.28. The highest BCUT2D eigenvalue weighted by molar-refractivity contribution is 5.74. The third-order valence-corrected chi connectivity index (χ3v) is 5.44. The van der Waals surface area contributed by atoms with Gasteiger partial charge in [-0.2, -0.15) is 0 Å². The lowest BCUT2D eigenvalue weighted by atomic mass is 9.89. The molecule has 2 aromatic rings. The molecule has 1 aliphatic carbocycles. The number of aliphatic carboxylic acids is 1. The van der Waals surface area contributed by atoms with Crippen LogP contribution in [0.1, 0.15) is 60.7 Å². The first-order valence-electron chi connectivity index (χ1n) is 9.66. The number of carbonyl (C=O) groups is 1. The third kappa shape index (κ3) is 3.96. The van der Waals surface area contributed by atoms with Crippen molar-refractivity contribution in [3.8, 4) is 0 Å². The van der Waals surface area contributed by atoms with Gasteiger partial charge in [-0.15, -0.1) is 0 Å². The first kappa shape index (κ1) is 18.6. The SMILES string of the molecule is CCc1cccc(CC)c1C[C@H](NC1CCCc2cccnc21)C(=O)O. The van der Waals surface area contributed by atoms with Crippen LogP contribution in [0.4, 0.5) is 0 Å². The van der Waals surface area contributed by atoms with Crippen molar-refractivity contribution in [2.24, 2.45) is 0 Å². The second-order valence-electron chi connectivity index (χ2n) is 7.02. The summed E-state index contributed by atoms with van der Waals surface area (Å²) in [5, 5.41) is 13.3. The average molecular weight is 352 g/mol. The second kappa shape index (κ2) is 8.45. The number of carboxylic acid groups (broad SMARTS) is 1. The van der Waals surface area contributed by atoms with E-state index >= 15 is 0 Å². The number of fused-ring (bicyclic) bond motifs is 1. The summed E-state index contributed by atoms with van der Waals surface area (Å²) in [5.74, 6) is -0.791. The molecule has 1 aromatic heterocycles. The van der Waals surface area contributed by atoms with Gasteiger partial charge in [-0.1, -0.05) is 38.1 Å². The van der Waals surface area contributed by atoms with Gasteiger partial charge in [-0.25, -0.2) is 0 Å². The highest BCUT2D eigenvalue weighted by atomic mass is 16.4.